The van der Waals surface area contributed by atoms with Gasteiger partial charge in [-0.3, -0.25) is 0 Å². The average molecular weight is 320 g/mol. The second-order valence-electron chi connectivity index (χ2n) is 4.35. The van der Waals surface area contributed by atoms with Gasteiger partial charge in [-0.25, -0.2) is 13.1 Å². The monoisotopic (exact) mass is 320 g/mol. The van der Waals surface area contributed by atoms with E-state index in [1.807, 2.05) is 13.0 Å². The molecule has 1 aromatic heterocycles. The zero-order chi connectivity index (χ0) is 14.8. The third-order valence-electron chi connectivity index (χ3n) is 2.59. The van der Waals surface area contributed by atoms with Gasteiger partial charge >= 0.3 is 0 Å². The molecule has 0 bridgehead atoms. The molecule has 1 aromatic rings. The largest absolute Gasteiger partial charge is 0.382 e. The van der Waals surface area contributed by atoms with Crippen molar-refractivity contribution in [3.05, 3.63) is 17.0 Å². The van der Waals surface area contributed by atoms with Crippen LogP contribution in [0.5, 0.6) is 0 Å². The molecule has 0 amide bonds. The van der Waals surface area contributed by atoms with Crippen LogP contribution in [0.25, 0.3) is 0 Å². The highest BCUT2D eigenvalue weighted by atomic mass is 32.2. The Hall–Kier alpha value is -0.470. The molecule has 1 rings (SSSR count). The molecule has 0 aliphatic rings. The maximum atomic E-state index is 12.0. The maximum Gasteiger partial charge on any atom is 0.250 e. The van der Waals surface area contributed by atoms with Gasteiger partial charge < -0.3 is 10.1 Å². The van der Waals surface area contributed by atoms with Gasteiger partial charge in [0.05, 0.1) is 0 Å². The van der Waals surface area contributed by atoms with Crippen molar-refractivity contribution in [3.63, 3.8) is 0 Å². The van der Waals surface area contributed by atoms with Gasteiger partial charge in [0, 0.05) is 31.2 Å². The molecule has 7 heteroatoms. The Morgan fingerprint density at radius 2 is 2.05 bits per heavy atom. The van der Waals surface area contributed by atoms with Gasteiger partial charge in [0.1, 0.15) is 4.21 Å². The van der Waals surface area contributed by atoms with Crippen LogP contribution in [0.1, 0.15) is 31.6 Å². The third-order valence-corrected chi connectivity index (χ3v) is 5.63. The van der Waals surface area contributed by atoms with Crippen LogP contribution in [0.4, 0.5) is 0 Å². The van der Waals surface area contributed by atoms with Crippen molar-refractivity contribution >= 4 is 21.4 Å². The second-order valence-corrected chi connectivity index (χ2v) is 7.51. The Morgan fingerprint density at radius 1 is 1.25 bits per heavy atom. The molecule has 0 fully saturated rings. The van der Waals surface area contributed by atoms with Crippen molar-refractivity contribution in [1.29, 1.82) is 0 Å². The minimum absolute atomic E-state index is 0.377. The van der Waals surface area contributed by atoms with E-state index in [2.05, 4.69) is 17.0 Å². The van der Waals surface area contributed by atoms with Crippen molar-refractivity contribution < 1.29 is 13.2 Å². The molecule has 0 spiro atoms. The van der Waals surface area contributed by atoms with Crippen LogP contribution >= 0.6 is 11.3 Å². The average Bonchev–Trinajstić information content (AvgIpc) is 2.88. The van der Waals surface area contributed by atoms with Crippen LogP contribution < -0.4 is 10.0 Å². The first-order chi connectivity index (χ1) is 9.60. The van der Waals surface area contributed by atoms with Crippen LogP contribution in [0.2, 0.25) is 0 Å². The number of sulfonamides is 1. The number of ether oxygens (including phenoxy) is 1. The van der Waals surface area contributed by atoms with Gasteiger partial charge in [0.2, 0.25) is 10.0 Å². The van der Waals surface area contributed by atoms with E-state index in [4.69, 9.17) is 4.74 Å². The van der Waals surface area contributed by atoms with Gasteiger partial charge in [0.15, 0.2) is 0 Å². The van der Waals surface area contributed by atoms with Crippen molar-refractivity contribution in [1.82, 2.24) is 10.0 Å². The molecule has 0 aliphatic heterocycles. The van der Waals surface area contributed by atoms with Crippen LogP contribution in [0.15, 0.2) is 16.3 Å². The highest BCUT2D eigenvalue weighted by Crippen LogP contribution is 2.21. The summed E-state index contributed by atoms with van der Waals surface area (Å²) < 4.78 is 32.2. The zero-order valence-corrected chi connectivity index (χ0v) is 13.8. The lowest BCUT2D eigenvalue weighted by molar-refractivity contribution is 0.146. The van der Waals surface area contributed by atoms with Crippen LogP contribution in [0, 0.1) is 0 Å². The first-order valence-electron chi connectivity index (χ1n) is 6.97. The van der Waals surface area contributed by atoms with E-state index in [0.29, 0.717) is 30.4 Å². The lowest BCUT2D eigenvalue weighted by Crippen LogP contribution is -2.24. The Kier molecular flexibility index (Phi) is 8.32. The van der Waals surface area contributed by atoms with Crippen molar-refractivity contribution in [2.75, 3.05) is 26.3 Å². The first-order valence-corrected chi connectivity index (χ1v) is 9.27. The summed E-state index contributed by atoms with van der Waals surface area (Å²) in [4.78, 5) is 1.04. The Morgan fingerprint density at radius 3 is 2.75 bits per heavy atom. The van der Waals surface area contributed by atoms with Gasteiger partial charge in [-0.2, -0.15) is 0 Å². The summed E-state index contributed by atoms with van der Waals surface area (Å²) in [6.07, 6.45) is 1.75. The predicted octanol–water partition coefficient (Wildman–Crippen LogP) is 1.95. The molecule has 0 aromatic carbocycles. The van der Waals surface area contributed by atoms with E-state index in [9.17, 15) is 8.42 Å². The summed E-state index contributed by atoms with van der Waals surface area (Å²) in [5, 5.41) is 3.26. The molecule has 0 radical (unpaired) electrons. The normalized spacial score (nSPS) is 11.9. The van der Waals surface area contributed by atoms with Gasteiger partial charge in [-0.05, 0) is 38.4 Å². The second kappa shape index (κ2) is 9.46. The molecule has 2 N–H and O–H groups in total. The third kappa shape index (κ3) is 6.32. The molecule has 0 aliphatic carbocycles. The maximum absolute atomic E-state index is 12.0. The Labute approximate surface area is 125 Å². The summed E-state index contributed by atoms with van der Waals surface area (Å²) in [6, 6.07) is 3.53. The number of hydrogen-bond donors (Lipinski definition) is 2. The first kappa shape index (κ1) is 17.6. The zero-order valence-electron chi connectivity index (χ0n) is 12.1. The van der Waals surface area contributed by atoms with Gasteiger partial charge in [0.25, 0.3) is 0 Å². The SMILES string of the molecule is CCCNCc1ccc(S(=O)(=O)NCCCOCC)s1. The fourth-order valence-corrected chi connectivity index (χ4v) is 4.03. The fourth-order valence-electron chi connectivity index (χ4n) is 1.58. The summed E-state index contributed by atoms with van der Waals surface area (Å²) in [6.45, 7) is 7.33. The molecule has 0 saturated heterocycles. The van der Waals surface area contributed by atoms with E-state index in [0.717, 1.165) is 24.4 Å². The Balaban J connectivity index is 2.42. The highest BCUT2D eigenvalue weighted by Gasteiger charge is 2.15. The minimum Gasteiger partial charge on any atom is -0.382 e. The molecule has 0 saturated carbocycles. The molecular formula is C13H24N2O3S2. The number of nitrogens with one attached hydrogen (secondary N) is 2. The molecule has 1 heterocycles. The highest BCUT2D eigenvalue weighted by molar-refractivity contribution is 7.91. The van der Waals surface area contributed by atoms with Crippen LogP contribution in [-0.2, 0) is 21.3 Å². The lowest BCUT2D eigenvalue weighted by atomic mass is 10.4. The smallest absolute Gasteiger partial charge is 0.250 e. The van der Waals surface area contributed by atoms with Crippen LogP contribution in [-0.4, -0.2) is 34.7 Å². The van der Waals surface area contributed by atoms with E-state index in [-0.39, 0.29) is 0 Å². The molecule has 0 atom stereocenters. The van der Waals surface area contributed by atoms with Crippen molar-refractivity contribution in [2.24, 2.45) is 0 Å². The summed E-state index contributed by atoms with van der Waals surface area (Å²) >= 11 is 1.31. The fraction of sp³-hybridized carbons (Fsp3) is 0.692. The quantitative estimate of drug-likeness (QED) is 0.612. The number of thiophene rings is 1. The van der Waals surface area contributed by atoms with E-state index < -0.39 is 10.0 Å². The standard InChI is InChI=1S/C13H24N2O3S2/c1-3-8-14-11-12-6-7-13(19-12)20(16,17)15-9-5-10-18-4-2/h6-7,14-15H,3-5,8-11H2,1-2H3. The van der Waals surface area contributed by atoms with Gasteiger partial charge in [-0.15, -0.1) is 11.3 Å². The van der Waals surface area contributed by atoms with Gasteiger partial charge in [-0.1, -0.05) is 6.92 Å². The summed E-state index contributed by atoms with van der Waals surface area (Å²) in [5.41, 5.74) is 0. The molecule has 5 nitrogen and oxygen atoms in total. The van der Waals surface area contributed by atoms with Crippen molar-refractivity contribution in [2.45, 2.75) is 37.4 Å². The van der Waals surface area contributed by atoms with Crippen LogP contribution in [0.3, 0.4) is 0 Å². The topological polar surface area (TPSA) is 67.4 Å². The Bertz CT molecular complexity index is 472. The number of hydrogen-bond acceptors (Lipinski definition) is 5. The molecule has 116 valence electrons. The van der Waals surface area contributed by atoms with E-state index in [1.165, 1.54) is 11.3 Å². The lowest BCUT2D eigenvalue weighted by Gasteiger charge is -2.04. The van der Waals surface area contributed by atoms with E-state index >= 15 is 0 Å². The molecular weight excluding hydrogens is 296 g/mol. The summed E-state index contributed by atoms with van der Waals surface area (Å²) in [5.74, 6) is 0. The van der Waals surface area contributed by atoms with E-state index in [1.54, 1.807) is 6.07 Å². The van der Waals surface area contributed by atoms with Crippen molar-refractivity contribution in [3.8, 4) is 0 Å². The minimum atomic E-state index is -3.37. The molecule has 0 unspecified atom stereocenters. The molecule has 20 heavy (non-hydrogen) atoms. The predicted molar refractivity (Wildman–Crippen MR) is 82.6 cm³/mol. The number of rotatable bonds is 11. The summed E-state index contributed by atoms with van der Waals surface area (Å²) in [7, 11) is -3.37.